The van der Waals surface area contributed by atoms with Gasteiger partial charge in [0.05, 0.1) is 11.9 Å². The number of aromatic nitrogens is 3. The summed E-state index contributed by atoms with van der Waals surface area (Å²) in [6.45, 7) is 2.04. The second kappa shape index (κ2) is 3.87. The van der Waals surface area contributed by atoms with E-state index in [1.54, 1.807) is 0 Å². The number of fused-ring (bicyclic) bond motifs is 1. The molecule has 2 N–H and O–H groups in total. The fraction of sp³-hybridized carbons (Fsp3) is 0.385. The lowest BCUT2D eigenvalue weighted by atomic mass is 9.97. The van der Waals surface area contributed by atoms with Crippen molar-refractivity contribution in [1.29, 1.82) is 0 Å². The number of rotatable bonds is 1. The normalized spacial score (nSPS) is 14.6. The first-order valence-electron chi connectivity index (χ1n) is 6.04. The summed E-state index contributed by atoms with van der Waals surface area (Å²) in [6, 6.07) is 2.09. The molecule has 88 valence electrons. The topological polar surface area (TPSA) is 56.7 Å². The molecule has 0 amide bonds. The number of hydrogen-bond donors (Lipinski definition) is 1. The molecule has 1 aliphatic rings. The van der Waals surface area contributed by atoms with Crippen molar-refractivity contribution < 1.29 is 0 Å². The standard InChI is InChI=1S/C13H16N4/c1-9-6-10(8-15-7-9)17-12-5-3-2-4-11(12)13(14)16-17/h6-8H,2-5H2,1H3,(H2,14,16). The third-order valence-corrected chi connectivity index (χ3v) is 3.32. The average molecular weight is 228 g/mol. The number of anilines is 1. The highest BCUT2D eigenvalue weighted by Crippen LogP contribution is 2.27. The molecule has 0 saturated carbocycles. The molecule has 0 unspecified atom stereocenters. The van der Waals surface area contributed by atoms with Crippen LogP contribution >= 0.6 is 0 Å². The molecule has 0 atom stereocenters. The van der Waals surface area contributed by atoms with E-state index in [1.165, 1.54) is 24.1 Å². The third kappa shape index (κ3) is 1.69. The van der Waals surface area contributed by atoms with E-state index < -0.39 is 0 Å². The Morgan fingerprint density at radius 1 is 1.24 bits per heavy atom. The van der Waals surface area contributed by atoms with Gasteiger partial charge in [-0.1, -0.05) is 0 Å². The van der Waals surface area contributed by atoms with Crippen LogP contribution in [0.5, 0.6) is 0 Å². The number of aryl methyl sites for hydroxylation is 1. The van der Waals surface area contributed by atoms with Crippen molar-refractivity contribution >= 4 is 5.82 Å². The molecule has 4 nitrogen and oxygen atoms in total. The molecule has 0 saturated heterocycles. The molecular formula is C13H16N4. The van der Waals surface area contributed by atoms with Crippen LogP contribution in [-0.4, -0.2) is 14.8 Å². The number of nitrogens with zero attached hydrogens (tertiary/aromatic N) is 3. The van der Waals surface area contributed by atoms with Crippen molar-refractivity contribution in [3.63, 3.8) is 0 Å². The Hall–Kier alpha value is -1.84. The van der Waals surface area contributed by atoms with Crippen LogP contribution in [0, 0.1) is 6.92 Å². The summed E-state index contributed by atoms with van der Waals surface area (Å²) >= 11 is 0. The van der Waals surface area contributed by atoms with Crippen molar-refractivity contribution in [2.75, 3.05) is 5.73 Å². The second-order valence-electron chi connectivity index (χ2n) is 4.65. The summed E-state index contributed by atoms with van der Waals surface area (Å²) in [6.07, 6.45) is 8.25. The minimum absolute atomic E-state index is 0.682. The summed E-state index contributed by atoms with van der Waals surface area (Å²) in [5, 5.41) is 4.46. The first kappa shape index (κ1) is 10.3. The summed E-state index contributed by atoms with van der Waals surface area (Å²) in [4.78, 5) is 4.22. The number of nitrogen functional groups attached to an aromatic ring is 1. The molecule has 0 aliphatic heterocycles. The molecule has 17 heavy (non-hydrogen) atoms. The first-order valence-corrected chi connectivity index (χ1v) is 6.04. The molecule has 2 aromatic heterocycles. The van der Waals surface area contributed by atoms with Crippen LogP contribution in [0.2, 0.25) is 0 Å². The number of pyridine rings is 1. The molecule has 4 heteroatoms. The van der Waals surface area contributed by atoms with Gasteiger partial charge in [-0.25, -0.2) is 4.68 Å². The molecule has 0 spiro atoms. The van der Waals surface area contributed by atoms with E-state index in [1.807, 2.05) is 24.0 Å². The second-order valence-corrected chi connectivity index (χ2v) is 4.65. The maximum absolute atomic E-state index is 5.99. The van der Waals surface area contributed by atoms with Gasteiger partial charge < -0.3 is 5.73 Å². The van der Waals surface area contributed by atoms with Crippen LogP contribution in [0.1, 0.15) is 29.7 Å². The van der Waals surface area contributed by atoms with Gasteiger partial charge in [-0.3, -0.25) is 4.98 Å². The van der Waals surface area contributed by atoms with E-state index in [0.29, 0.717) is 5.82 Å². The zero-order chi connectivity index (χ0) is 11.8. The maximum atomic E-state index is 5.99. The predicted octanol–water partition coefficient (Wildman–Crippen LogP) is 2.04. The minimum atomic E-state index is 0.682. The Labute approximate surface area is 100 Å². The van der Waals surface area contributed by atoms with Crippen LogP contribution in [0.3, 0.4) is 0 Å². The first-order chi connectivity index (χ1) is 8.25. The average Bonchev–Trinajstić information content (AvgIpc) is 2.68. The summed E-state index contributed by atoms with van der Waals surface area (Å²) in [7, 11) is 0. The Bertz CT molecular complexity index is 557. The molecule has 0 fully saturated rings. The fourth-order valence-electron chi connectivity index (χ4n) is 2.50. The van der Waals surface area contributed by atoms with E-state index in [-0.39, 0.29) is 0 Å². The largest absolute Gasteiger partial charge is 0.382 e. The van der Waals surface area contributed by atoms with E-state index in [9.17, 15) is 0 Å². The van der Waals surface area contributed by atoms with E-state index in [4.69, 9.17) is 5.73 Å². The number of hydrogen-bond acceptors (Lipinski definition) is 3. The van der Waals surface area contributed by atoms with E-state index >= 15 is 0 Å². The Morgan fingerprint density at radius 2 is 2.06 bits per heavy atom. The maximum Gasteiger partial charge on any atom is 0.149 e. The minimum Gasteiger partial charge on any atom is -0.382 e. The molecule has 0 radical (unpaired) electrons. The Morgan fingerprint density at radius 3 is 2.88 bits per heavy atom. The molecule has 1 aliphatic carbocycles. The SMILES string of the molecule is Cc1cncc(-n2nc(N)c3c2CCCC3)c1. The molecule has 2 aromatic rings. The zero-order valence-corrected chi connectivity index (χ0v) is 9.98. The Kier molecular flexibility index (Phi) is 2.35. The summed E-state index contributed by atoms with van der Waals surface area (Å²) in [5.41, 5.74) is 10.6. The van der Waals surface area contributed by atoms with Gasteiger partial charge in [-0.2, -0.15) is 5.10 Å². The lowest BCUT2D eigenvalue weighted by molar-refractivity contribution is 0.652. The highest BCUT2D eigenvalue weighted by Gasteiger charge is 2.19. The van der Waals surface area contributed by atoms with E-state index in [0.717, 1.165) is 24.1 Å². The zero-order valence-electron chi connectivity index (χ0n) is 9.98. The highest BCUT2D eigenvalue weighted by molar-refractivity contribution is 5.48. The highest BCUT2D eigenvalue weighted by atomic mass is 15.3. The summed E-state index contributed by atoms with van der Waals surface area (Å²) in [5.74, 6) is 0.682. The molecule has 0 bridgehead atoms. The molecule has 0 aromatic carbocycles. The van der Waals surface area contributed by atoms with E-state index in [2.05, 4.69) is 16.1 Å². The van der Waals surface area contributed by atoms with Gasteiger partial charge in [-0.15, -0.1) is 0 Å². The molecule has 3 rings (SSSR count). The van der Waals surface area contributed by atoms with Crippen LogP contribution < -0.4 is 5.73 Å². The van der Waals surface area contributed by atoms with Crippen molar-refractivity contribution in [2.45, 2.75) is 32.6 Å². The third-order valence-electron chi connectivity index (χ3n) is 3.32. The Balaban J connectivity index is 2.15. The van der Waals surface area contributed by atoms with Gasteiger partial charge in [0.2, 0.25) is 0 Å². The lowest BCUT2D eigenvalue weighted by Gasteiger charge is -2.13. The van der Waals surface area contributed by atoms with Gasteiger partial charge >= 0.3 is 0 Å². The van der Waals surface area contributed by atoms with Gasteiger partial charge in [0.25, 0.3) is 0 Å². The quantitative estimate of drug-likeness (QED) is 0.812. The van der Waals surface area contributed by atoms with Crippen LogP contribution in [0.4, 0.5) is 5.82 Å². The van der Waals surface area contributed by atoms with Crippen LogP contribution in [0.25, 0.3) is 5.69 Å². The smallest absolute Gasteiger partial charge is 0.149 e. The molecular weight excluding hydrogens is 212 g/mol. The van der Waals surface area contributed by atoms with Crippen molar-refractivity contribution in [2.24, 2.45) is 0 Å². The van der Waals surface area contributed by atoms with Gasteiger partial charge in [-0.05, 0) is 44.2 Å². The van der Waals surface area contributed by atoms with Crippen molar-refractivity contribution in [3.05, 3.63) is 35.3 Å². The monoisotopic (exact) mass is 228 g/mol. The fourth-order valence-corrected chi connectivity index (χ4v) is 2.50. The van der Waals surface area contributed by atoms with Crippen LogP contribution in [0.15, 0.2) is 18.5 Å². The summed E-state index contributed by atoms with van der Waals surface area (Å²) < 4.78 is 1.96. The van der Waals surface area contributed by atoms with Gasteiger partial charge in [0, 0.05) is 17.5 Å². The predicted molar refractivity (Wildman–Crippen MR) is 67.2 cm³/mol. The van der Waals surface area contributed by atoms with Crippen molar-refractivity contribution in [3.8, 4) is 5.69 Å². The van der Waals surface area contributed by atoms with Crippen molar-refractivity contribution in [1.82, 2.24) is 14.8 Å². The van der Waals surface area contributed by atoms with Gasteiger partial charge in [0.15, 0.2) is 0 Å². The number of nitrogens with two attached hydrogens (primary N) is 1. The van der Waals surface area contributed by atoms with Crippen LogP contribution in [-0.2, 0) is 12.8 Å². The lowest BCUT2D eigenvalue weighted by Crippen LogP contribution is -2.08. The molecule has 2 heterocycles. The van der Waals surface area contributed by atoms with Gasteiger partial charge in [0.1, 0.15) is 5.82 Å².